The van der Waals surface area contributed by atoms with Gasteiger partial charge in [-0.25, -0.2) is 19.6 Å². The average Bonchev–Trinajstić information content (AvgIpc) is 3.68. The largest absolute Gasteiger partial charge is 0.369 e. The number of nitriles is 1. The molecule has 2 aliphatic heterocycles. The number of hydrogen-bond acceptors (Lipinski definition) is 13. The van der Waals surface area contributed by atoms with E-state index in [0.717, 1.165) is 62.4 Å². The molecule has 1 aliphatic carbocycles. The Morgan fingerprint density at radius 2 is 1.75 bits per heavy atom. The van der Waals surface area contributed by atoms with Gasteiger partial charge in [0.1, 0.15) is 17.5 Å². The first-order chi connectivity index (χ1) is 25.8. The van der Waals surface area contributed by atoms with Gasteiger partial charge in [0.15, 0.2) is 0 Å². The van der Waals surface area contributed by atoms with Crippen molar-refractivity contribution in [2.75, 3.05) is 48.3 Å². The monoisotopic (exact) mass is 717 g/mol. The molecule has 5 N–H and O–H groups in total. The summed E-state index contributed by atoms with van der Waals surface area (Å²) >= 11 is 0. The molecular formula is C38H47N13O2. The zero-order valence-corrected chi connectivity index (χ0v) is 30.1. The third kappa shape index (κ3) is 8.78. The molecule has 276 valence electrons. The molecule has 2 saturated heterocycles. The van der Waals surface area contributed by atoms with Crippen LogP contribution in [0.5, 0.6) is 0 Å². The van der Waals surface area contributed by atoms with Crippen molar-refractivity contribution < 1.29 is 9.59 Å². The molecule has 3 aliphatic rings. The molecule has 5 heterocycles. The van der Waals surface area contributed by atoms with E-state index in [1.165, 1.54) is 24.9 Å². The fraction of sp³-hybridized carbons (Fsp3) is 0.474. The first-order valence-corrected chi connectivity index (χ1v) is 18.6. The van der Waals surface area contributed by atoms with Crippen LogP contribution in [0.4, 0.5) is 23.1 Å². The van der Waals surface area contributed by atoms with E-state index in [4.69, 9.17) is 5.73 Å². The third-order valence-electron chi connectivity index (χ3n) is 10.8. The molecule has 15 nitrogen and oxygen atoms in total. The molecule has 0 radical (unpaired) electrons. The number of piperazine rings is 1. The fourth-order valence-corrected chi connectivity index (χ4v) is 7.57. The van der Waals surface area contributed by atoms with Gasteiger partial charge < -0.3 is 21.3 Å². The number of rotatable bonds is 12. The Bertz CT molecular complexity index is 1910. The van der Waals surface area contributed by atoms with Gasteiger partial charge in [0, 0.05) is 74.8 Å². The highest BCUT2D eigenvalue weighted by Crippen LogP contribution is 2.37. The van der Waals surface area contributed by atoms with E-state index in [1.807, 2.05) is 24.4 Å². The van der Waals surface area contributed by atoms with E-state index in [2.05, 4.69) is 69.2 Å². The van der Waals surface area contributed by atoms with Crippen LogP contribution in [0.25, 0.3) is 5.69 Å². The highest BCUT2D eigenvalue weighted by molar-refractivity contribution is 6.00. The lowest BCUT2D eigenvalue weighted by Crippen LogP contribution is -2.47. The molecular weight excluding hydrogens is 671 g/mol. The first kappa shape index (κ1) is 35.9. The Labute approximate surface area is 309 Å². The van der Waals surface area contributed by atoms with Crippen LogP contribution < -0.4 is 26.6 Å². The molecule has 3 fully saturated rings. The van der Waals surface area contributed by atoms with E-state index >= 15 is 0 Å². The number of nitrogens with two attached hydrogens (primary N) is 1. The van der Waals surface area contributed by atoms with E-state index in [1.54, 1.807) is 30.2 Å². The van der Waals surface area contributed by atoms with Gasteiger partial charge in [0.05, 0.1) is 35.8 Å². The van der Waals surface area contributed by atoms with Crippen molar-refractivity contribution in [2.45, 2.75) is 76.3 Å². The van der Waals surface area contributed by atoms with E-state index < -0.39 is 6.04 Å². The number of pyridine rings is 1. The number of carbonyl (C=O) groups is 2. The maximum atomic E-state index is 12.3. The van der Waals surface area contributed by atoms with Crippen LogP contribution in [0.1, 0.15) is 80.5 Å². The zero-order valence-electron chi connectivity index (χ0n) is 30.1. The summed E-state index contributed by atoms with van der Waals surface area (Å²) in [5, 5.41) is 27.4. The Morgan fingerprint density at radius 1 is 1.00 bits per heavy atom. The first-order valence-electron chi connectivity index (χ1n) is 18.6. The van der Waals surface area contributed by atoms with Gasteiger partial charge in [0.2, 0.25) is 17.8 Å². The number of piperidine rings is 1. The zero-order chi connectivity index (χ0) is 36.7. The Kier molecular flexibility index (Phi) is 11.2. The fourth-order valence-electron chi connectivity index (χ4n) is 7.57. The molecule has 3 aromatic heterocycles. The van der Waals surface area contributed by atoms with Crippen molar-refractivity contribution in [2.24, 2.45) is 11.7 Å². The molecule has 0 bridgehead atoms. The number of benzene rings is 1. The molecule has 53 heavy (non-hydrogen) atoms. The second-order valence-corrected chi connectivity index (χ2v) is 14.3. The number of aromatic nitrogens is 6. The van der Waals surface area contributed by atoms with Gasteiger partial charge >= 0.3 is 0 Å². The van der Waals surface area contributed by atoms with Crippen LogP contribution in [0.3, 0.4) is 0 Å². The van der Waals surface area contributed by atoms with Crippen molar-refractivity contribution >= 4 is 35.0 Å². The molecule has 1 unspecified atom stereocenters. The summed E-state index contributed by atoms with van der Waals surface area (Å²) in [5.74, 6) is 1.39. The summed E-state index contributed by atoms with van der Waals surface area (Å²) < 4.78 is 1.74. The minimum absolute atomic E-state index is 0.181. The van der Waals surface area contributed by atoms with Gasteiger partial charge in [-0.05, 0) is 75.6 Å². The van der Waals surface area contributed by atoms with Crippen LogP contribution >= 0.6 is 0 Å². The van der Waals surface area contributed by atoms with Crippen LogP contribution in [-0.2, 0) is 16.1 Å². The minimum Gasteiger partial charge on any atom is -0.369 e. The molecule has 0 spiro atoms. The highest BCUT2D eigenvalue weighted by atomic mass is 16.2. The lowest BCUT2D eigenvalue weighted by atomic mass is 9.79. The van der Waals surface area contributed by atoms with Crippen molar-refractivity contribution in [1.82, 2.24) is 40.2 Å². The second-order valence-electron chi connectivity index (χ2n) is 14.3. The summed E-state index contributed by atoms with van der Waals surface area (Å²) in [6.07, 6.45) is 13.8. The predicted molar refractivity (Wildman–Crippen MR) is 201 cm³/mol. The van der Waals surface area contributed by atoms with Crippen LogP contribution in [-0.4, -0.2) is 85.4 Å². The lowest BCUT2D eigenvalue weighted by molar-refractivity contribution is -0.134. The molecule has 7 rings (SSSR count). The number of imide groups is 1. The average molecular weight is 718 g/mol. The van der Waals surface area contributed by atoms with Crippen molar-refractivity contribution in [3.63, 3.8) is 0 Å². The van der Waals surface area contributed by atoms with Crippen LogP contribution in [0, 0.1) is 17.2 Å². The quantitative estimate of drug-likeness (QED) is 0.154. The van der Waals surface area contributed by atoms with E-state index in [9.17, 15) is 14.9 Å². The maximum Gasteiger partial charge on any atom is 0.234 e. The summed E-state index contributed by atoms with van der Waals surface area (Å²) in [7, 11) is 0. The predicted octanol–water partition coefficient (Wildman–Crippen LogP) is 3.98. The summed E-state index contributed by atoms with van der Waals surface area (Å²) in [6, 6.07) is 11.9. The van der Waals surface area contributed by atoms with Gasteiger partial charge in [0.25, 0.3) is 0 Å². The van der Waals surface area contributed by atoms with E-state index in [0.29, 0.717) is 54.4 Å². The van der Waals surface area contributed by atoms with E-state index in [-0.39, 0.29) is 17.7 Å². The summed E-state index contributed by atoms with van der Waals surface area (Å²) in [6.45, 7) is 7.33. The second kappa shape index (κ2) is 16.5. The van der Waals surface area contributed by atoms with Crippen molar-refractivity contribution in [1.29, 1.82) is 5.26 Å². The molecule has 1 saturated carbocycles. The van der Waals surface area contributed by atoms with Crippen molar-refractivity contribution in [3.8, 4) is 11.8 Å². The molecule has 2 amide bonds. The topological polar surface area (TPSA) is 196 Å². The van der Waals surface area contributed by atoms with Gasteiger partial charge in [-0.1, -0.05) is 17.3 Å². The van der Waals surface area contributed by atoms with Gasteiger partial charge in [-0.2, -0.15) is 5.26 Å². The highest BCUT2D eigenvalue weighted by Gasteiger charge is 2.29. The van der Waals surface area contributed by atoms with Crippen LogP contribution in [0.15, 0.2) is 55.1 Å². The number of anilines is 4. The molecule has 2 atom stereocenters. The number of nitrogens with zero attached hydrogens (tertiary/aromatic N) is 9. The lowest BCUT2D eigenvalue weighted by Gasteiger charge is -2.37. The Hall–Kier alpha value is -5.46. The number of nitrogens with one attached hydrogen (secondary N) is 3. The standard InChI is InChI=1S/C38H47N13O2/c1-25(19-39)44-32-18-35(45-38-42-21-27(20-40)22-43-38)41-23-34(32)51-24-33(47-48-51)29-4-2-26(3-5-29)12-13-49-14-16-50(17-15-49)30-8-6-28(7-9-30)31-10-11-36(52)46-37(31)53/h6-9,18,21-26,29,31H,2-5,10-17,20,40H2,1H3,(H,46,52,53)(H2,41,42,43,44,45)/t25-,26?,29?,31?/m1/s1. The van der Waals surface area contributed by atoms with Gasteiger partial charge in [-0.15, -0.1) is 5.10 Å². The molecule has 15 heteroatoms. The van der Waals surface area contributed by atoms with Crippen LogP contribution in [0.2, 0.25) is 0 Å². The summed E-state index contributed by atoms with van der Waals surface area (Å²) in [4.78, 5) is 41.9. The Balaban J connectivity index is 0.879. The van der Waals surface area contributed by atoms with Gasteiger partial charge in [-0.3, -0.25) is 19.8 Å². The minimum atomic E-state index is -0.433. The number of amides is 2. The molecule has 4 aromatic rings. The third-order valence-corrected chi connectivity index (χ3v) is 10.8. The smallest absolute Gasteiger partial charge is 0.234 e. The number of hydrogen-bond donors (Lipinski definition) is 4. The molecule has 1 aromatic carbocycles. The summed E-state index contributed by atoms with van der Waals surface area (Å²) in [5.41, 5.74) is 11.0. The maximum absolute atomic E-state index is 12.3. The SMILES string of the molecule is C[C@H](C#N)Nc1cc(Nc2ncc(CN)cn2)ncc1-n1cc(C2CCC(CCN3CCN(c4ccc(C5CCC(=O)NC5=O)cc4)CC3)CC2)nn1. The van der Waals surface area contributed by atoms with Crippen molar-refractivity contribution in [3.05, 3.63) is 71.9 Å². The normalized spacial score (nSPS) is 21.5. The Morgan fingerprint density at radius 3 is 2.45 bits per heavy atom. The number of carbonyl (C=O) groups excluding carboxylic acids is 2.